The van der Waals surface area contributed by atoms with Crippen molar-refractivity contribution in [3.8, 4) is 0 Å². The third kappa shape index (κ3) is 1.05. The maximum atomic E-state index is 3.48. The van der Waals surface area contributed by atoms with E-state index < -0.39 is 0 Å². The lowest BCUT2D eigenvalue weighted by atomic mass is 9.64. The Morgan fingerprint density at radius 1 is 1.14 bits per heavy atom. The van der Waals surface area contributed by atoms with Crippen molar-refractivity contribution < 1.29 is 0 Å². The lowest BCUT2D eigenvalue weighted by Gasteiger charge is -2.44. The molecule has 0 radical (unpaired) electrons. The van der Waals surface area contributed by atoms with Gasteiger partial charge in [-0.25, -0.2) is 0 Å². The second-order valence-corrected chi connectivity index (χ2v) is 4.64. The van der Waals surface area contributed by atoms with E-state index in [9.17, 15) is 0 Å². The van der Waals surface area contributed by atoms with Gasteiger partial charge in [0, 0.05) is 6.04 Å². The molecule has 1 saturated carbocycles. The Labute approximate surface area is 85.5 Å². The molecule has 0 amide bonds. The molecule has 0 saturated heterocycles. The van der Waals surface area contributed by atoms with Crippen LogP contribution in [0.15, 0.2) is 24.3 Å². The van der Waals surface area contributed by atoms with Crippen LogP contribution in [0, 0.1) is 0 Å². The average molecular weight is 187 g/mol. The molecule has 0 unspecified atom stereocenters. The molecule has 1 fully saturated rings. The average Bonchev–Trinajstić information content (AvgIpc) is 2.30. The van der Waals surface area contributed by atoms with E-state index in [0.29, 0.717) is 0 Å². The molecule has 0 spiro atoms. The zero-order valence-electron chi connectivity index (χ0n) is 8.66. The Hall–Kier alpha value is -0.820. The quantitative estimate of drug-likeness (QED) is 0.712. The largest absolute Gasteiger partial charge is 0.316 e. The van der Waals surface area contributed by atoms with Crippen molar-refractivity contribution in [2.75, 3.05) is 7.05 Å². The monoisotopic (exact) mass is 187 g/mol. The molecule has 3 aliphatic rings. The van der Waals surface area contributed by atoms with Gasteiger partial charge in [0.15, 0.2) is 0 Å². The summed E-state index contributed by atoms with van der Waals surface area (Å²) in [5.41, 5.74) is 3.25. The van der Waals surface area contributed by atoms with E-state index in [2.05, 4.69) is 36.6 Å². The van der Waals surface area contributed by atoms with Gasteiger partial charge >= 0.3 is 0 Å². The summed E-state index contributed by atoms with van der Waals surface area (Å²) in [6, 6.07) is 9.76. The van der Waals surface area contributed by atoms with Gasteiger partial charge in [0.25, 0.3) is 0 Å². The highest BCUT2D eigenvalue weighted by Crippen LogP contribution is 2.48. The minimum absolute atomic E-state index is 0.726. The van der Waals surface area contributed by atoms with Crippen LogP contribution >= 0.6 is 0 Å². The summed E-state index contributed by atoms with van der Waals surface area (Å²) in [4.78, 5) is 0. The summed E-state index contributed by atoms with van der Waals surface area (Å²) in [5.74, 6) is 1.61. The standard InChI is InChI=1S/C13H17N/c1-14-13-8-9-6-7-12(13)11-5-3-2-4-10(9)11/h2-5,9,12-14H,6-8H2,1H3/t9-,12-,13-/m0/s1. The molecule has 74 valence electrons. The summed E-state index contributed by atoms with van der Waals surface area (Å²) < 4.78 is 0. The highest BCUT2D eigenvalue weighted by atomic mass is 14.9. The predicted molar refractivity (Wildman–Crippen MR) is 58.6 cm³/mol. The molecule has 1 nitrogen and oxygen atoms in total. The van der Waals surface area contributed by atoms with Crippen LogP contribution in [0.1, 0.15) is 42.2 Å². The van der Waals surface area contributed by atoms with Crippen LogP contribution < -0.4 is 5.32 Å². The molecule has 1 aromatic rings. The summed E-state index contributed by atoms with van der Waals surface area (Å²) in [6.07, 6.45) is 4.13. The fraction of sp³-hybridized carbons (Fsp3) is 0.538. The molecular formula is C13H17N. The lowest BCUT2D eigenvalue weighted by Crippen LogP contribution is -2.41. The maximum absolute atomic E-state index is 3.48. The Kier molecular flexibility index (Phi) is 1.88. The number of rotatable bonds is 1. The minimum atomic E-state index is 0.726. The van der Waals surface area contributed by atoms with Gasteiger partial charge in [-0.2, -0.15) is 0 Å². The van der Waals surface area contributed by atoms with Gasteiger partial charge in [0.05, 0.1) is 0 Å². The molecule has 4 rings (SSSR count). The smallest absolute Gasteiger partial charge is 0.0139 e. The Morgan fingerprint density at radius 2 is 1.93 bits per heavy atom. The van der Waals surface area contributed by atoms with E-state index in [0.717, 1.165) is 17.9 Å². The Balaban J connectivity index is 2.08. The fourth-order valence-corrected chi connectivity index (χ4v) is 3.36. The van der Waals surface area contributed by atoms with Crippen molar-refractivity contribution in [3.05, 3.63) is 35.4 Å². The zero-order chi connectivity index (χ0) is 9.54. The molecule has 0 heterocycles. The second-order valence-electron chi connectivity index (χ2n) is 4.64. The summed E-state index contributed by atoms with van der Waals surface area (Å²) in [5, 5.41) is 3.48. The van der Waals surface area contributed by atoms with E-state index in [-0.39, 0.29) is 0 Å². The van der Waals surface area contributed by atoms with Crippen LogP contribution in [0.3, 0.4) is 0 Å². The first-order valence-electron chi connectivity index (χ1n) is 5.66. The van der Waals surface area contributed by atoms with Crippen LogP contribution in [-0.4, -0.2) is 13.1 Å². The van der Waals surface area contributed by atoms with E-state index in [1.54, 1.807) is 11.1 Å². The number of fused-ring (bicyclic) bond motifs is 2. The molecule has 3 aliphatic carbocycles. The minimum Gasteiger partial charge on any atom is -0.316 e. The molecule has 14 heavy (non-hydrogen) atoms. The van der Waals surface area contributed by atoms with Crippen LogP contribution in [0.25, 0.3) is 0 Å². The van der Waals surface area contributed by atoms with Gasteiger partial charge in [-0.05, 0) is 49.3 Å². The molecule has 2 bridgehead atoms. The number of hydrogen-bond donors (Lipinski definition) is 1. The Bertz CT molecular complexity index is 345. The molecule has 0 aromatic heterocycles. The first-order chi connectivity index (χ1) is 6.90. The van der Waals surface area contributed by atoms with Crippen LogP contribution in [0.4, 0.5) is 0 Å². The highest BCUT2D eigenvalue weighted by Gasteiger charge is 2.38. The summed E-state index contributed by atoms with van der Waals surface area (Å²) in [6.45, 7) is 0. The van der Waals surface area contributed by atoms with Crippen molar-refractivity contribution in [2.45, 2.75) is 37.1 Å². The first kappa shape index (κ1) is 8.49. The van der Waals surface area contributed by atoms with Crippen molar-refractivity contribution in [3.63, 3.8) is 0 Å². The van der Waals surface area contributed by atoms with Gasteiger partial charge in [-0.1, -0.05) is 24.3 Å². The van der Waals surface area contributed by atoms with E-state index in [4.69, 9.17) is 0 Å². The van der Waals surface area contributed by atoms with Gasteiger partial charge < -0.3 is 5.32 Å². The first-order valence-corrected chi connectivity index (χ1v) is 5.66. The summed E-state index contributed by atoms with van der Waals surface area (Å²) >= 11 is 0. The van der Waals surface area contributed by atoms with Crippen molar-refractivity contribution >= 4 is 0 Å². The number of hydrogen-bond acceptors (Lipinski definition) is 1. The summed E-state index contributed by atoms with van der Waals surface area (Å²) in [7, 11) is 2.11. The van der Waals surface area contributed by atoms with Crippen LogP contribution in [0.5, 0.6) is 0 Å². The van der Waals surface area contributed by atoms with Crippen molar-refractivity contribution in [1.29, 1.82) is 0 Å². The topological polar surface area (TPSA) is 12.0 Å². The number of likely N-dealkylation sites (N-methyl/N-ethyl adjacent to an activating group) is 1. The second kappa shape index (κ2) is 3.09. The Morgan fingerprint density at radius 3 is 2.71 bits per heavy atom. The fourth-order valence-electron chi connectivity index (χ4n) is 3.36. The third-order valence-electron chi connectivity index (χ3n) is 4.06. The van der Waals surface area contributed by atoms with Gasteiger partial charge in [-0.3, -0.25) is 0 Å². The molecule has 3 atom stereocenters. The molecule has 1 aromatic carbocycles. The van der Waals surface area contributed by atoms with Crippen LogP contribution in [-0.2, 0) is 0 Å². The van der Waals surface area contributed by atoms with E-state index in [1.165, 1.54) is 19.3 Å². The SMILES string of the molecule is CN[C@H]1C[C@@H]2CC[C@H]1c1ccccc12. The zero-order valence-corrected chi connectivity index (χ0v) is 8.66. The third-order valence-corrected chi connectivity index (χ3v) is 4.06. The maximum Gasteiger partial charge on any atom is 0.0139 e. The molecule has 1 N–H and O–H groups in total. The molecule has 0 aliphatic heterocycles. The van der Waals surface area contributed by atoms with Crippen molar-refractivity contribution in [2.24, 2.45) is 0 Å². The van der Waals surface area contributed by atoms with Crippen molar-refractivity contribution in [1.82, 2.24) is 5.32 Å². The number of nitrogens with one attached hydrogen (secondary N) is 1. The van der Waals surface area contributed by atoms with Crippen LogP contribution in [0.2, 0.25) is 0 Å². The highest BCUT2D eigenvalue weighted by molar-refractivity contribution is 5.39. The predicted octanol–water partition coefficient (Wildman–Crippen LogP) is 2.64. The number of benzene rings is 1. The van der Waals surface area contributed by atoms with E-state index >= 15 is 0 Å². The molecular weight excluding hydrogens is 170 g/mol. The van der Waals surface area contributed by atoms with Gasteiger partial charge in [0.2, 0.25) is 0 Å². The molecule has 1 heteroatoms. The van der Waals surface area contributed by atoms with E-state index in [1.807, 2.05) is 0 Å². The lowest BCUT2D eigenvalue weighted by molar-refractivity contribution is 0.283. The van der Waals surface area contributed by atoms with Gasteiger partial charge in [-0.15, -0.1) is 0 Å². The van der Waals surface area contributed by atoms with Gasteiger partial charge in [0.1, 0.15) is 0 Å². The normalized spacial score (nSPS) is 34.2.